The number of azide groups is 1. The van der Waals surface area contributed by atoms with Crippen LogP contribution in [0, 0.1) is 17.0 Å². The molecule has 0 aliphatic heterocycles. The van der Waals surface area contributed by atoms with Crippen molar-refractivity contribution in [2.75, 3.05) is 13.1 Å². The lowest BCUT2D eigenvalue weighted by Gasteiger charge is -2.06. The molecule has 100 valence electrons. The second kappa shape index (κ2) is 6.97. The minimum Gasteiger partial charge on any atom is -0.352 e. The Bertz CT molecular complexity index is 537. The maximum Gasteiger partial charge on any atom is 0.269 e. The average molecular weight is 263 g/mol. The smallest absolute Gasteiger partial charge is 0.269 e. The molecule has 0 radical (unpaired) electrons. The summed E-state index contributed by atoms with van der Waals surface area (Å²) in [4.78, 5) is 24.5. The fourth-order valence-corrected chi connectivity index (χ4v) is 1.51. The molecular formula is C11H13N5O3. The third kappa shape index (κ3) is 4.29. The highest BCUT2D eigenvalue weighted by Crippen LogP contribution is 2.16. The van der Waals surface area contributed by atoms with Gasteiger partial charge in [0.2, 0.25) is 0 Å². The number of hydrogen-bond acceptors (Lipinski definition) is 4. The zero-order chi connectivity index (χ0) is 14.3. The van der Waals surface area contributed by atoms with E-state index in [1.54, 1.807) is 6.92 Å². The van der Waals surface area contributed by atoms with Gasteiger partial charge in [-0.05, 0) is 30.5 Å². The van der Waals surface area contributed by atoms with E-state index >= 15 is 0 Å². The Labute approximate surface area is 109 Å². The maximum atomic E-state index is 11.8. The molecule has 1 amide bonds. The molecule has 1 aromatic rings. The zero-order valence-electron chi connectivity index (χ0n) is 10.4. The van der Waals surface area contributed by atoms with Crippen molar-refractivity contribution in [3.63, 3.8) is 0 Å². The first-order chi connectivity index (χ1) is 9.06. The second-order valence-corrected chi connectivity index (χ2v) is 3.82. The van der Waals surface area contributed by atoms with E-state index in [-0.39, 0.29) is 11.6 Å². The first-order valence-corrected chi connectivity index (χ1v) is 5.60. The molecule has 19 heavy (non-hydrogen) atoms. The lowest BCUT2D eigenvalue weighted by atomic mass is 10.1. The molecule has 1 rings (SSSR count). The molecule has 8 heteroatoms. The molecule has 0 heterocycles. The van der Waals surface area contributed by atoms with Crippen LogP contribution in [0.15, 0.2) is 23.3 Å². The number of nitrogens with zero attached hydrogens (tertiary/aromatic N) is 4. The van der Waals surface area contributed by atoms with E-state index in [4.69, 9.17) is 5.53 Å². The van der Waals surface area contributed by atoms with Gasteiger partial charge in [-0.25, -0.2) is 0 Å². The van der Waals surface area contributed by atoms with Gasteiger partial charge in [0.1, 0.15) is 0 Å². The van der Waals surface area contributed by atoms with Crippen molar-refractivity contribution in [1.29, 1.82) is 0 Å². The van der Waals surface area contributed by atoms with Crippen LogP contribution >= 0.6 is 0 Å². The largest absolute Gasteiger partial charge is 0.352 e. The number of amides is 1. The fourth-order valence-electron chi connectivity index (χ4n) is 1.51. The minimum absolute atomic E-state index is 0.0441. The van der Waals surface area contributed by atoms with Crippen molar-refractivity contribution in [3.05, 3.63) is 49.9 Å². The molecule has 1 N–H and O–H groups in total. The highest BCUT2D eigenvalue weighted by Gasteiger charge is 2.12. The van der Waals surface area contributed by atoms with Crippen LogP contribution in [-0.2, 0) is 0 Å². The first kappa shape index (κ1) is 14.5. The number of nitrogens with one attached hydrogen (secondary N) is 1. The second-order valence-electron chi connectivity index (χ2n) is 3.82. The van der Waals surface area contributed by atoms with Gasteiger partial charge in [-0.1, -0.05) is 5.11 Å². The van der Waals surface area contributed by atoms with Crippen LogP contribution in [0.5, 0.6) is 0 Å². The molecule has 0 fully saturated rings. The number of nitro benzene ring substituents is 1. The number of carbonyl (C=O) groups is 1. The lowest BCUT2D eigenvalue weighted by molar-refractivity contribution is -0.384. The summed E-state index contributed by atoms with van der Waals surface area (Å²) in [5.41, 5.74) is 8.97. The van der Waals surface area contributed by atoms with Crippen molar-refractivity contribution in [2.45, 2.75) is 13.3 Å². The minimum atomic E-state index is -0.505. The third-order valence-electron chi connectivity index (χ3n) is 2.45. The Balaban J connectivity index is 2.62. The maximum absolute atomic E-state index is 11.8. The van der Waals surface area contributed by atoms with Gasteiger partial charge in [-0.15, -0.1) is 0 Å². The molecule has 0 spiro atoms. The SMILES string of the molecule is Cc1cc([N+](=O)[O-])ccc1C(=O)NCCCN=[N+]=[N-]. The summed E-state index contributed by atoms with van der Waals surface area (Å²) >= 11 is 0. The lowest BCUT2D eigenvalue weighted by Crippen LogP contribution is -2.25. The van der Waals surface area contributed by atoms with Gasteiger partial charge in [0.15, 0.2) is 0 Å². The van der Waals surface area contributed by atoms with E-state index in [0.717, 1.165) is 0 Å². The van der Waals surface area contributed by atoms with Crippen LogP contribution in [0.25, 0.3) is 10.4 Å². The van der Waals surface area contributed by atoms with E-state index in [2.05, 4.69) is 15.3 Å². The van der Waals surface area contributed by atoms with Crippen LogP contribution in [0.4, 0.5) is 5.69 Å². The van der Waals surface area contributed by atoms with E-state index < -0.39 is 4.92 Å². The van der Waals surface area contributed by atoms with Gasteiger partial charge >= 0.3 is 0 Å². The molecular weight excluding hydrogens is 250 g/mol. The van der Waals surface area contributed by atoms with Crippen LogP contribution in [0.1, 0.15) is 22.3 Å². The molecule has 8 nitrogen and oxygen atoms in total. The van der Waals surface area contributed by atoms with Crippen molar-refractivity contribution in [3.8, 4) is 0 Å². The third-order valence-corrected chi connectivity index (χ3v) is 2.45. The number of nitro groups is 1. The molecule has 0 aliphatic rings. The predicted octanol–water partition coefficient (Wildman–Crippen LogP) is 2.33. The summed E-state index contributed by atoms with van der Waals surface area (Å²) in [7, 11) is 0. The zero-order valence-corrected chi connectivity index (χ0v) is 10.4. The number of non-ortho nitro benzene ring substituents is 1. The molecule has 0 aliphatic carbocycles. The van der Waals surface area contributed by atoms with Crippen molar-refractivity contribution in [2.24, 2.45) is 5.11 Å². The summed E-state index contributed by atoms with van der Waals surface area (Å²) < 4.78 is 0. The molecule has 0 saturated carbocycles. The molecule has 0 bridgehead atoms. The molecule has 1 aromatic carbocycles. The monoisotopic (exact) mass is 263 g/mol. The van der Waals surface area contributed by atoms with E-state index in [1.165, 1.54) is 18.2 Å². The number of rotatable bonds is 6. The summed E-state index contributed by atoms with van der Waals surface area (Å²) in [5, 5.41) is 16.6. The molecule has 0 aromatic heterocycles. The summed E-state index contributed by atoms with van der Waals surface area (Å²) in [6.07, 6.45) is 0.543. The first-order valence-electron chi connectivity index (χ1n) is 5.60. The van der Waals surface area contributed by atoms with E-state index in [1.807, 2.05) is 0 Å². The Kier molecular flexibility index (Phi) is 5.31. The van der Waals surface area contributed by atoms with Gasteiger partial charge in [-0.2, -0.15) is 0 Å². The van der Waals surface area contributed by atoms with Crippen LogP contribution in [0.3, 0.4) is 0 Å². The quantitative estimate of drug-likeness (QED) is 0.211. The molecule has 0 atom stereocenters. The van der Waals surface area contributed by atoms with Crippen molar-refractivity contribution in [1.82, 2.24) is 5.32 Å². The number of carbonyl (C=O) groups excluding carboxylic acids is 1. The Morgan fingerprint density at radius 2 is 2.32 bits per heavy atom. The highest BCUT2D eigenvalue weighted by molar-refractivity contribution is 5.95. The molecule has 0 saturated heterocycles. The summed E-state index contributed by atoms with van der Waals surface area (Å²) in [6.45, 7) is 2.34. The standard InChI is InChI=1S/C11H13N5O3/c1-8-7-9(16(18)19)3-4-10(8)11(17)13-5-2-6-14-15-12/h3-4,7H,2,5-6H2,1H3,(H,13,17). The van der Waals surface area contributed by atoms with Gasteiger partial charge < -0.3 is 5.32 Å². The van der Waals surface area contributed by atoms with Crippen LogP contribution in [-0.4, -0.2) is 23.9 Å². The van der Waals surface area contributed by atoms with Gasteiger partial charge in [0, 0.05) is 35.7 Å². The fraction of sp³-hybridized carbons (Fsp3) is 0.364. The predicted molar refractivity (Wildman–Crippen MR) is 68.8 cm³/mol. The van der Waals surface area contributed by atoms with E-state index in [9.17, 15) is 14.9 Å². The van der Waals surface area contributed by atoms with Crippen LogP contribution < -0.4 is 5.32 Å². The normalized spacial score (nSPS) is 9.53. The number of hydrogen-bond donors (Lipinski definition) is 1. The Morgan fingerprint density at radius 1 is 1.58 bits per heavy atom. The number of aryl methyl sites for hydroxylation is 1. The van der Waals surface area contributed by atoms with Gasteiger partial charge in [-0.3, -0.25) is 14.9 Å². The topological polar surface area (TPSA) is 121 Å². The highest BCUT2D eigenvalue weighted by atomic mass is 16.6. The van der Waals surface area contributed by atoms with Gasteiger partial charge in [0.25, 0.3) is 11.6 Å². The Hall–Kier alpha value is -2.60. The average Bonchev–Trinajstić information content (AvgIpc) is 2.38. The van der Waals surface area contributed by atoms with E-state index in [0.29, 0.717) is 30.6 Å². The van der Waals surface area contributed by atoms with Crippen LogP contribution in [0.2, 0.25) is 0 Å². The van der Waals surface area contributed by atoms with Gasteiger partial charge in [0.05, 0.1) is 4.92 Å². The Morgan fingerprint density at radius 3 is 2.89 bits per heavy atom. The molecule has 0 unspecified atom stereocenters. The van der Waals surface area contributed by atoms with Crippen molar-refractivity contribution >= 4 is 11.6 Å². The number of benzene rings is 1. The van der Waals surface area contributed by atoms with Crippen molar-refractivity contribution < 1.29 is 9.72 Å². The summed E-state index contributed by atoms with van der Waals surface area (Å²) in [6, 6.07) is 4.08. The summed E-state index contributed by atoms with van der Waals surface area (Å²) in [5.74, 6) is -0.298.